The lowest BCUT2D eigenvalue weighted by Gasteiger charge is -2.32. The number of unbranched alkanes of at least 4 members (excludes halogenated alkanes) is 1. The van der Waals surface area contributed by atoms with E-state index >= 15 is 0 Å². The number of carboxylic acid groups (broad SMARTS) is 1. The average molecular weight is 453 g/mol. The zero-order chi connectivity index (χ0) is 24.7. The van der Waals surface area contributed by atoms with Crippen LogP contribution in [0.15, 0.2) is 11.6 Å². The molecule has 32 heavy (non-hydrogen) atoms. The number of hydrogen-bond donors (Lipinski definition) is 2. The topological polar surface area (TPSA) is 86.7 Å². The molecule has 0 heterocycles. The Morgan fingerprint density at radius 2 is 1.53 bits per heavy atom. The highest BCUT2D eigenvalue weighted by Gasteiger charge is 2.34. The summed E-state index contributed by atoms with van der Waals surface area (Å²) in [5.74, 6) is -1.24. The molecule has 2 amide bonds. The van der Waals surface area contributed by atoms with Crippen LogP contribution in [0.3, 0.4) is 0 Å². The molecule has 2 N–H and O–H groups in total. The first kappa shape index (κ1) is 30.1. The minimum atomic E-state index is -0.999. The van der Waals surface area contributed by atoms with Gasteiger partial charge in [-0.25, -0.2) is 4.79 Å². The largest absolute Gasteiger partial charge is 0.478 e. The van der Waals surface area contributed by atoms with Crippen LogP contribution in [0.25, 0.3) is 0 Å². The molecule has 0 unspecified atom stereocenters. The maximum Gasteiger partial charge on any atom is 0.331 e. The van der Waals surface area contributed by atoms with Crippen molar-refractivity contribution in [2.75, 3.05) is 13.6 Å². The van der Waals surface area contributed by atoms with E-state index in [1.54, 1.807) is 13.1 Å². The van der Waals surface area contributed by atoms with E-state index in [4.69, 9.17) is 5.11 Å². The Morgan fingerprint density at radius 1 is 1.03 bits per heavy atom. The van der Waals surface area contributed by atoms with Crippen molar-refractivity contribution < 1.29 is 19.5 Å². The predicted molar refractivity (Wildman–Crippen MR) is 131 cm³/mol. The van der Waals surface area contributed by atoms with Gasteiger partial charge in [-0.05, 0) is 32.1 Å². The Balaban J connectivity index is 0.00000167. The monoisotopic (exact) mass is 452 g/mol. The Bertz CT molecular complexity index is 597. The Morgan fingerprint density at radius 3 is 1.91 bits per heavy atom. The molecule has 0 aromatic heterocycles. The van der Waals surface area contributed by atoms with Crippen LogP contribution in [-0.4, -0.2) is 47.4 Å². The second-order valence-corrected chi connectivity index (χ2v) is 9.44. The first-order valence-corrected chi connectivity index (χ1v) is 12.5. The molecule has 1 fully saturated rings. The van der Waals surface area contributed by atoms with Crippen LogP contribution < -0.4 is 5.32 Å². The number of carbonyl (C=O) groups excluding carboxylic acids is 2. The summed E-state index contributed by atoms with van der Waals surface area (Å²) in [6.07, 6.45) is 13.4. The molecule has 1 atom stereocenters. The van der Waals surface area contributed by atoms with Crippen LogP contribution >= 0.6 is 0 Å². The number of aliphatic carboxylic acids is 1. The zero-order valence-corrected chi connectivity index (χ0v) is 21.6. The smallest absolute Gasteiger partial charge is 0.331 e. The molecule has 6 heteroatoms. The molecule has 0 aromatic carbocycles. The minimum Gasteiger partial charge on any atom is -0.478 e. The van der Waals surface area contributed by atoms with E-state index in [0.717, 1.165) is 32.1 Å². The van der Waals surface area contributed by atoms with Crippen LogP contribution in [0, 0.1) is 11.3 Å². The number of hydrogen-bond acceptors (Lipinski definition) is 3. The Kier molecular flexibility index (Phi) is 15.0. The molecular formula is C26H48N2O4. The number of rotatable bonds is 12. The van der Waals surface area contributed by atoms with Gasteiger partial charge in [0, 0.05) is 18.0 Å². The SMILES string of the molecule is C1CCCC1.CCCCC(CC)(CC)C(=O)NCC(=O)N(C)[C@H](/C=C(\C)C(=O)O)C(C)C. The van der Waals surface area contributed by atoms with Gasteiger partial charge in [0.15, 0.2) is 0 Å². The molecule has 0 aromatic rings. The molecule has 0 spiro atoms. The van der Waals surface area contributed by atoms with Crippen molar-refractivity contribution in [1.29, 1.82) is 0 Å². The predicted octanol–water partition coefficient (Wildman–Crippen LogP) is 5.56. The van der Waals surface area contributed by atoms with Gasteiger partial charge < -0.3 is 15.3 Å². The van der Waals surface area contributed by atoms with Crippen LogP contribution in [0.1, 0.15) is 106 Å². The van der Waals surface area contributed by atoms with Gasteiger partial charge in [0.2, 0.25) is 11.8 Å². The molecular weight excluding hydrogens is 404 g/mol. The number of carboxylic acids is 1. The third kappa shape index (κ3) is 10.2. The second-order valence-electron chi connectivity index (χ2n) is 9.44. The van der Waals surface area contributed by atoms with E-state index in [-0.39, 0.29) is 35.9 Å². The van der Waals surface area contributed by atoms with Crippen LogP contribution in [0.2, 0.25) is 0 Å². The maximum absolute atomic E-state index is 12.8. The quantitative estimate of drug-likeness (QED) is 0.379. The van der Waals surface area contributed by atoms with Crippen molar-refractivity contribution in [2.45, 2.75) is 112 Å². The molecule has 1 aliphatic carbocycles. The van der Waals surface area contributed by atoms with Crippen molar-refractivity contribution in [3.63, 3.8) is 0 Å². The number of carbonyl (C=O) groups is 3. The third-order valence-electron chi connectivity index (χ3n) is 6.78. The van der Waals surface area contributed by atoms with E-state index in [0.29, 0.717) is 0 Å². The number of nitrogens with zero attached hydrogens (tertiary/aromatic N) is 1. The van der Waals surface area contributed by atoms with Crippen molar-refractivity contribution in [3.8, 4) is 0 Å². The van der Waals surface area contributed by atoms with Gasteiger partial charge in [-0.3, -0.25) is 9.59 Å². The van der Waals surface area contributed by atoms with E-state index in [1.165, 1.54) is 43.9 Å². The number of amides is 2. The Labute approximate surface area is 196 Å². The molecule has 0 aliphatic heterocycles. The van der Waals surface area contributed by atoms with Crippen LogP contribution in [-0.2, 0) is 14.4 Å². The summed E-state index contributed by atoms with van der Waals surface area (Å²) < 4.78 is 0. The summed E-state index contributed by atoms with van der Waals surface area (Å²) in [6, 6.07) is -0.340. The molecule has 0 bridgehead atoms. The minimum absolute atomic E-state index is 0.0545. The van der Waals surface area contributed by atoms with E-state index in [1.807, 2.05) is 27.7 Å². The maximum atomic E-state index is 12.8. The summed E-state index contributed by atoms with van der Waals surface area (Å²) in [5.41, 5.74) is -0.223. The molecule has 0 radical (unpaired) electrons. The van der Waals surface area contributed by atoms with Crippen molar-refractivity contribution in [2.24, 2.45) is 11.3 Å². The molecule has 6 nitrogen and oxygen atoms in total. The lowest BCUT2D eigenvalue weighted by Crippen LogP contribution is -2.48. The summed E-state index contributed by atoms with van der Waals surface area (Å²) in [5, 5.41) is 11.9. The van der Waals surface area contributed by atoms with Gasteiger partial charge in [0.1, 0.15) is 0 Å². The highest BCUT2D eigenvalue weighted by molar-refractivity contribution is 5.88. The van der Waals surface area contributed by atoms with Gasteiger partial charge in [-0.2, -0.15) is 0 Å². The lowest BCUT2D eigenvalue weighted by molar-refractivity contribution is -0.137. The van der Waals surface area contributed by atoms with Gasteiger partial charge in [-0.1, -0.05) is 85.6 Å². The van der Waals surface area contributed by atoms with Crippen molar-refractivity contribution in [1.82, 2.24) is 10.2 Å². The molecule has 1 saturated carbocycles. The normalized spacial score (nSPS) is 15.1. The fourth-order valence-electron chi connectivity index (χ4n) is 4.15. The second kappa shape index (κ2) is 15.9. The molecule has 1 rings (SSSR count). The Hall–Kier alpha value is -1.85. The summed E-state index contributed by atoms with van der Waals surface area (Å²) in [4.78, 5) is 38.0. The summed E-state index contributed by atoms with van der Waals surface area (Å²) >= 11 is 0. The van der Waals surface area contributed by atoms with Gasteiger partial charge in [-0.15, -0.1) is 0 Å². The van der Waals surface area contributed by atoms with Gasteiger partial charge >= 0.3 is 5.97 Å². The fraction of sp³-hybridized carbons (Fsp3) is 0.808. The average Bonchev–Trinajstić information content (AvgIpc) is 3.36. The highest BCUT2D eigenvalue weighted by Crippen LogP contribution is 2.32. The summed E-state index contributed by atoms with van der Waals surface area (Å²) in [7, 11) is 1.65. The van der Waals surface area contributed by atoms with Crippen molar-refractivity contribution >= 4 is 17.8 Å². The first-order valence-electron chi connectivity index (χ1n) is 12.5. The van der Waals surface area contributed by atoms with Crippen molar-refractivity contribution in [3.05, 3.63) is 11.6 Å². The van der Waals surface area contributed by atoms with E-state index in [2.05, 4.69) is 12.2 Å². The van der Waals surface area contributed by atoms with E-state index < -0.39 is 11.4 Å². The number of likely N-dealkylation sites (N-methyl/N-ethyl adjacent to an activating group) is 1. The third-order valence-corrected chi connectivity index (χ3v) is 6.78. The zero-order valence-electron chi connectivity index (χ0n) is 21.6. The standard InChI is InChI=1S/C21H38N2O4.C5H10/c1-8-11-12-21(9-2,10-3)20(27)22-14-18(24)23(7)17(15(4)5)13-16(6)19(25)26;1-2-4-5-3-1/h13,15,17H,8-12,14H2,1-7H3,(H,22,27)(H,25,26);1-5H2/b16-13+;/t17-;/m1./s1. The molecule has 0 saturated heterocycles. The number of nitrogens with one attached hydrogen (secondary N) is 1. The lowest BCUT2D eigenvalue weighted by atomic mass is 9.77. The summed E-state index contributed by atoms with van der Waals surface area (Å²) in [6.45, 7) is 11.4. The van der Waals surface area contributed by atoms with Crippen LogP contribution in [0.4, 0.5) is 0 Å². The van der Waals surface area contributed by atoms with Crippen LogP contribution in [0.5, 0.6) is 0 Å². The highest BCUT2D eigenvalue weighted by atomic mass is 16.4. The first-order chi connectivity index (χ1) is 15.1. The fourth-order valence-corrected chi connectivity index (χ4v) is 4.15. The molecule has 186 valence electrons. The molecule has 1 aliphatic rings. The van der Waals surface area contributed by atoms with Gasteiger partial charge in [0.25, 0.3) is 0 Å². The van der Waals surface area contributed by atoms with E-state index in [9.17, 15) is 14.4 Å². The van der Waals surface area contributed by atoms with Gasteiger partial charge in [0.05, 0.1) is 12.6 Å².